The highest BCUT2D eigenvalue weighted by molar-refractivity contribution is 5.96. The van der Waals surface area contributed by atoms with Gasteiger partial charge < -0.3 is 9.73 Å². The van der Waals surface area contributed by atoms with E-state index < -0.39 is 11.8 Å². The van der Waals surface area contributed by atoms with Gasteiger partial charge >= 0.3 is 5.91 Å². The third-order valence-electron chi connectivity index (χ3n) is 2.70. The zero-order valence-electron chi connectivity index (χ0n) is 12.3. The predicted octanol–water partition coefficient (Wildman–Crippen LogP) is 1.71. The third kappa shape index (κ3) is 5.16. The number of hydrazine groups is 1. The van der Waals surface area contributed by atoms with Crippen molar-refractivity contribution < 1.29 is 18.8 Å². The van der Waals surface area contributed by atoms with Crippen molar-refractivity contribution in [1.29, 1.82) is 0 Å². The molecule has 0 aliphatic carbocycles. The van der Waals surface area contributed by atoms with E-state index in [9.17, 15) is 14.4 Å². The number of carbonyl (C=O) groups is 3. The van der Waals surface area contributed by atoms with Gasteiger partial charge in [-0.1, -0.05) is 12.1 Å². The van der Waals surface area contributed by atoms with E-state index in [4.69, 9.17) is 4.42 Å². The number of furan rings is 1. The van der Waals surface area contributed by atoms with Crippen LogP contribution in [0.2, 0.25) is 0 Å². The summed E-state index contributed by atoms with van der Waals surface area (Å²) in [6.07, 6.45) is 4.21. The highest BCUT2D eigenvalue weighted by Gasteiger charge is 2.07. The van der Waals surface area contributed by atoms with Gasteiger partial charge in [-0.05, 0) is 35.9 Å². The average molecular weight is 313 g/mol. The molecule has 2 aromatic rings. The molecule has 118 valence electrons. The van der Waals surface area contributed by atoms with Crippen LogP contribution in [0.4, 0.5) is 5.69 Å². The average Bonchev–Trinajstić information content (AvgIpc) is 3.06. The van der Waals surface area contributed by atoms with E-state index in [1.165, 1.54) is 25.3 Å². The summed E-state index contributed by atoms with van der Waals surface area (Å²) in [4.78, 5) is 34.0. The molecule has 1 aromatic heterocycles. The Balaban J connectivity index is 1.83. The maximum atomic E-state index is 11.6. The normalized spacial score (nSPS) is 10.3. The molecule has 0 aliphatic rings. The second-order valence-electron chi connectivity index (χ2n) is 4.56. The summed E-state index contributed by atoms with van der Waals surface area (Å²) >= 11 is 0. The van der Waals surface area contributed by atoms with Gasteiger partial charge in [0.05, 0.1) is 6.26 Å². The number of hydrogen-bond donors (Lipinski definition) is 3. The van der Waals surface area contributed by atoms with E-state index in [1.807, 2.05) is 0 Å². The number of rotatable bonds is 4. The van der Waals surface area contributed by atoms with Gasteiger partial charge in [0.1, 0.15) is 0 Å². The van der Waals surface area contributed by atoms with Gasteiger partial charge in [0.15, 0.2) is 5.76 Å². The number of nitrogens with one attached hydrogen (secondary N) is 3. The first-order valence-electron chi connectivity index (χ1n) is 6.74. The van der Waals surface area contributed by atoms with Crippen LogP contribution in [-0.4, -0.2) is 17.7 Å². The molecule has 0 radical (unpaired) electrons. The molecule has 1 aromatic carbocycles. The number of hydrogen-bond acceptors (Lipinski definition) is 4. The van der Waals surface area contributed by atoms with Crippen LogP contribution in [0.15, 0.2) is 53.2 Å². The quantitative estimate of drug-likeness (QED) is 0.591. The fraction of sp³-hybridized carbons (Fsp3) is 0.0625. The molecule has 2 rings (SSSR count). The van der Waals surface area contributed by atoms with Crippen molar-refractivity contribution in [2.45, 2.75) is 6.92 Å². The van der Waals surface area contributed by atoms with Gasteiger partial charge in [-0.25, -0.2) is 0 Å². The van der Waals surface area contributed by atoms with Crippen molar-refractivity contribution in [1.82, 2.24) is 10.9 Å². The Labute approximate surface area is 132 Å². The summed E-state index contributed by atoms with van der Waals surface area (Å²) in [5.74, 6) is -1.09. The molecule has 0 fully saturated rings. The largest absolute Gasteiger partial charge is 0.459 e. The van der Waals surface area contributed by atoms with E-state index >= 15 is 0 Å². The van der Waals surface area contributed by atoms with Crippen LogP contribution in [0.5, 0.6) is 0 Å². The molecule has 0 unspecified atom stereocenters. The maximum absolute atomic E-state index is 11.6. The fourth-order valence-electron chi connectivity index (χ4n) is 1.68. The van der Waals surface area contributed by atoms with Crippen molar-refractivity contribution in [3.8, 4) is 0 Å². The van der Waals surface area contributed by atoms with Crippen molar-refractivity contribution in [2.75, 3.05) is 5.32 Å². The Morgan fingerprint density at radius 3 is 2.39 bits per heavy atom. The van der Waals surface area contributed by atoms with E-state index in [-0.39, 0.29) is 11.7 Å². The first-order chi connectivity index (χ1) is 11.0. The highest BCUT2D eigenvalue weighted by Crippen LogP contribution is 2.10. The minimum Gasteiger partial charge on any atom is -0.459 e. The van der Waals surface area contributed by atoms with E-state index in [2.05, 4.69) is 16.2 Å². The second-order valence-corrected chi connectivity index (χ2v) is 4.56. The molecule has 3 N–H and O–H groups in total. The fourth-order valence-corrected chi connectivity index (χ4v) is 1.68. The lowest BCUT2D eigenvalue weighted by atomic mass is 10.2. The predicted molar refractivity (Wildman–Crippen MR) is 84.1 cm³/mol. The Hall–Kier alpha value is -3.35. The standard InChI is InChI=1S/C16H15N3O4/c1-11(20)17-13-7-4-12(5-8-13)6-9-15(21)18-19-16(22)14-3-2-10-23-14/h2-10H,1H3,(H,17,20)(H,18,21)(H,19,22)/b9-6+. The van der Waals surface area contributed by atoms with Crippen LogP contribution >= 0.6 is 0 Å². The molecule has 0 aliphatic heterocycles. The summed E-state index contributed by atoms with van der Waals surface area (Å²) in [5.41, 5.74) is 5.90. The third-order valence-corrected chi connectivity index (χ3v) is 2.70. The lowest BCUT2D eigenvalue weighted by Gasteiger charge is -2.03. The summed E-state index contributed by atoms with van der Waals surface area (Å²) < 4.78 is 4.88. The van der Waals surface area contributed by atoms with Gasteiger partial charge in [-0.3, -0.25) is 25.2 Å². The smallest absolute Gasteiger partial charge is 0.305 e. The van der Waals surface area contributed by atoms with Crippen molar-refractivity contribution in [3.63, 3.8) is 0 Å². The van der Waals surface area contributed by atoms with Gasteiger partial charge in [0, 0.05) is 18.7 Å². The van der Waals surface area contributed by atoms with Crippen LogP contribution in [0.3, 0.4) is 0 Å². The van der Waals surface area contributed by atoms with Crippen LogP contribution in [0, 0.1) is 0 Å². The number of carbonyl (C=O) groups excluding carboxylic acids is 3. The van der Waals surface area contributed by atoms with Crippen LogP contribution in [0.25, 0.3) is 6.08 Å². The first kappa shape index (κ1) is 16.0. The van der Waals surface area contributed by atoms with Gasteiger partial charge in [-0.15, -0.1) is 0 Å². The van der Waals surface area contributed by atoms with E-state index in [0.717, 1.165) is 5.56 Å². The van der Waals surface area contributed by atoms with Crippen LogP contribution < -0.4 is 16.2 Å². The Bertz CT molecular complexity index is 718. The topological polar surface area (TPSA) is 100 Å². The Kier molecular flexibility index (Phi) is 5.30. The molecule has 7 nitrogen and oxygen atoms in total. The molecule has 1 heterocycles. The van der Waals surface area contributed by atoms with Crippen LogP contribution in [0.1, 0.15) is 23.0 Å². The minimum absolute atomic E-state index is 0.0999. The molecular weight excluding hydrogens is 298 g/mol. The Morgan fingerprint density at radius 2 is 1.78 bits per heavy atom. The van der Waals surface area contributed by atoms with Crippen molar-refractivity contribution in [3.05, 3.63) is 60.1 Å². The monoisotopic (exact) mass is 313 g/mol. The maximum Gasteiger partial charge on any atom is 0.305 e. The summed E-state index contributed by atoms with van der Waals surface area (Å²) in [7, 11) is 0. The zero-order chi connectivity index (χ0) is 16.7. The van der Waals surface area contributed by atoms with Crippen molar-refractivity contribution in [2.24, 2.45) is 0 Å². The highest BCUT2D eigenvalue weighted by atomic mass is 16.3. The molecular formula is C16H15N3O4. The summed E-state index contributed by atoms with van der Waals surface area (Å²) in [6, 6.07) is 9.98. The molecule has 0 atom stereocenters. The lowest BCUT2D eigenvalue weighted by molar-refractivity contribution is -0.117. The number of benzene rings is 1. The first-order valence-corrected chi connectivity index (χ1v) is 6.74. The lowest BCUT2D eigenvalue weighted by Crippen LogP contribution is -2.40. The number of anilines is 1. The summed E-state index contributed by atoms with van der Waals surface area (Å²) in [6.45, 7) is 1.43. The summed E-state index contributed by atoms with van der Waals surface area (Å²) in [5, 5.41) is 2.64. The number of amides is 3. The van der Waals surface area contributed by atoms with Crippen molar-refractivity contribution >= 4 is 29.5 Å². The van der Waals surface area contributed by atoms with Gasteiger partial charge in [-0.2, -0.15) is 0 Å². The van der Waals surface area contributed by atoms with Crippen LogP contribution in [-0.2, 0) is 9.59 Å². The van der Waals surface area contributed by atoms with E-state index in [1.54, 1.807) is 36.4 Å². The SMILES string of the molecule is CC(=O)Nc1ccc(/C=C/C(=O)NNC(=O)c2ccco2)cc1. The molecule has 7 heteroatoms. The molecule has 0 spiro atoms. The molecule has 0 saturated carbocycles. The molecule has 0 saturated heterocycles. The van der Waals surface area contributed by atoms with Gasteiger partial charge in [0.2, 0.25) is 5.91 Å². The molecule has 23 heavy (non-hydrogen) atoms. The molecule has 0 bridgehead atoms. The second kappa shape index (κ2) is 7.60. The zero-order valence-corrected chi connectivity index (χ0v) is 12.3. The molecule has 3 amide bonds. The Morgan fingerprint density at radius 1 is 1.04 bits per heavy atom. The van der Waals surface area contributed by atoms with Gasteiger partial charge in [0.25, 0.3) is 5.91 Å². The minimum atomic E-state index is -0.545. The van der Waals surface area contributed by atoms with E-state index in [0.29, 0.717) is 5.69 Å².